The van der Waals surface area contributed by atoms with Crippen LogP contribution in [0.25, 0.3) is 0 Å². The zero-order valence-corrected chi connectivity index (χ0v) is 12.8. The predicted octanol–water partition coefficient (Wildman–Crippen LogP) is 1.85. The number of carbonyl (C=O) groups excluding carboxylic acids is 1. The highest BCUT2D eigenvalue weighted by atomic mass is 16.5. The van der Waals surface area contributed by atoms with Crippen molar-refractivity contribution in [1.82, 2.24) is 10.1 Å². The van der Waals surface area contributed by atoms with E-state index < -0.39 is 0 Å². The van der Waals surface area contributed by atoms with Crippen molar-refractivity contribution in [3.05, 3.63) is 41.2 Å². The quantitative estimate of drug-likeness (QED) is 0.933. The van der Waals surface area contributed by atoms with Crippen molar-refractivity contribution >= 4 is 11.6 Å². The molecule has 6 nitrogen and oxygen atoms in total. The Bertz CT molecular complexity index is 681. The molecule has 0 fully saturated rings. The van der Waals surface area contributed by atoms with E-state index in [0.29, 0.717) is 11.6 Å². The number of methoxy groups -OCH3 is 1. The molecule has 1 N–H and O–H groups in total. The number of benzene rings is 1. The average Bonchev–Trinajstić information content (AvgIpc) is 2.94. The number of carbonyl (C=O) groups is 1. The van der Waals surface area contributed by atoms with Crippen LogP contribution in [0.2, 0.25) is 0 Å². The maximum Gasteiger partial charge on any atom is 0.254 e. The number of amides is 1. The van der Waals surface area contributed by atoms with Gasteiger partial charge in [-0.15, -0.1) is 0 Å². The van der Waals surface area contributed by atoms with Crippen LogP contribution >= 0.6 is 0 Å². The van der Waals surface area contributed by atoms with E-state index in [1.807, 2.05) is 12.1 Å². The Morgan fingerprint density at radius 3 is 3.05 bits per heavy atom. The molecule has 1 aliphatic heterocycles. The standard InChI is InChI=1S/C16H19N3O3/c1-19-6-5-11-3-4-13(7-12(11)10-19)17-15(20)8-14-9-16(21-2)18-22-14/h3-4,7,9H,5-6,8,10H2,1-2H3,(H,17,20). The van der Waals surface area contributed by atoms with Crippen LogP contribution in [0.1, 0.15) is 16.9 Å². The van der Waals surface area contributed by atoms with Crippen LogP contribution in [-0.4, -0.2) is 36.7 Å². The van der Waals surface area contributed by atoms with Crippen molar-refractivity contribution < 1.29 is 14.1 Å². The molecule has 0 radical (unpaired) electrons. The van der Waals surface area contributed by atoms with Gasteiger partial charge in [0.05, 0.1) is 13.5 Å². The first-order valence-electron chi connectivity index (χ1n) is 7.24. The van der Waals surface area contributed by atoms with E-state index in [1.54, 1.807) is 6.07 Å². The second kappa shape index (κ2) is 6.19. The number of nitrogens with zero attached hydrogens (tertiary/aromatic N) is 2. The summed E-state index contributed by atoms with van der Waals surface area (Å²) >= 11 is 0. The second-order valence-corrected chi connectivity index (χ2v) is 5.53. The second-order valence-electron chi connectivity index (χ2n) is 5.53. The van der Waals surface area contributed by atoms with Gasteiger partial charge in [0.1, 0.15) is 5.76 Å². The van der Waals surface area contributed by atoms with E-state index in [9.17, 15) is 4.79 Å². The van der Waals surface area contributed by atoms with Crippen LogP contribution in [0.3, 0.4) is 0 Å². The molecule has 0 unspecified atom stereocenters. The highest BCUT2D eigenvalue weighted by Gasteiger charge is 2.15. The summed E-state index contributed by atoms with van der Waals surface area (Å²) in [6.07, 6.45) is 1.19. The third-order valence-corrected chi connectivity index (χ3v) is 3.77. The number of fused-ring (bicyclic) bond motifs is 1. The van der Waals surface area contributed by atoms with E-state index in [-0.39, 0.29) is 12.3 Å². The van der Waals surface area contributed by atoms with Crippen molar-refractivity contribution in [3.8, 4) is 5.88 Å². The molecule has 0 atom stereocenters. The number of ether oxygens (including phenoxy) is 1. The number of anilines is 1. The van der Waals surface area contributed by atoms with E-state index >= 15 is 0 Å². The summed E-state index contributed by atoms with van der Waals surface area (Å²) in [5.74, 6) is 0.717. The maximum absolute atomic E-state index is 12.1. The molecule has 2 aromatic rings. The largest absolute Gasteiger partial charge is 0.479 e. The molecule has 0 saturated heterocycles. The van der Waals surface area contributed by atoms with Gasteiger partial charge in [-0.3, -0.25) is 4.79 Å². The summed E-state index contributed by atoms with van der Waals surface area (Å²) in [5, 5.41) is 6.57. The van der Waals surface area contributed by atoms with Crippen molar-refractivity contribution in [2.75, 3.05) is 26.0 Å². The first-order valence-corrected chi connectivity index (χ1v) is 7.24. The van der Waals surface area contributed by atoms with Gasteiger partial charge in [0.25, 0.3) is 5.88 Å². The van der Waals surface area contributed by atoms with Gasteiger partial charge >= 0.3 is 0 Å². The Kier molecular flexibility index (Phi) is 4.11. The van der Waals surface area contributed by atoms with Gasteiger partial charge in [-0.1, -0.05) is 6.07 Å². The molecule has 116 valence electrons. The molecule has 22 heavy (non-hydrogen) atoms. The lowest BCUT2D eigenvalue weighted by Crippen LogP contribution is -2.26. The maximum atomic E-state index is 12.1. The van der Waals surface area contributed by atoms with E-state index in [0.717, 1.165) is 25.2 Å². The zero-order valence-electron chi connectivity index (χ0n) is 12.8. The minimum absolute atomic E-state index is 0.132. The molecule has 2 heterocycles. The van der Waals surface area contributed by atoms with E-state index in [2.05, 4.69) is 28.5 Å². The molecule has 1 amide bonds. The highest BCUT2D eigenvalue weighted by molar-refractivity contribution is 5.92. The Balaban J connectivity index is 1.65. The van der Waals surface area contributed by atoms with Gasteiger partial charge in [-0.2, -0.15) is 0 Å². The Labute approximate surface area is 129 Å². The molecule has 1 aromatic carbocycles. The summed E-state index contributed by atoms with van der Waals surface area (Å²) in [5.41, 5.74) is 3.44. The lowest BCUT2D eigenvalue weighted by Gasteiger charge is -2.25. The van der Waals surface area contributed by atoms with Crippen molar-refractivity contribution in [3.63, 3.8) is 0 Å². The van der Waals surface area contributed by atoms with Crippen molar-refractivity contribution in [1.29, 1.82) is 0 Å². The molecule has 0 bridgehead atoms. The first-order chi connectivity index (χ1) is 10.6. The van der Waals surface area contributed by atoms with Crippen LogP contribution in [0.5, 0.6) is 5.88 Å². The Hall–Kier alpha value is -2.34. The average molecular weight is 301 g/mol. The van der Waals surface area contributed by atoms with Crippen molar-refractivity contribution in [2.45, 2.75) is 19.4 Å². The molecular weight excluding hydrogens is 282 g/mol. The predicted molar refractivity (Wildman–Crippen MR) is 81.9 cm³/mol. The van der Waals surface area contributed by atoms with Gasteiger partial charge in [0.15, 0.2) is 0 Å². The van der Waals surface area contributed by atoms with Gasteiger partial charge in [0.2, 0.25) is 5.91 Å². The molecule has 0 spiro atoms. The topological polar surface area (TPSA) is 67.6 Å². The van der Waals surface area contributed by atoms with Crippen LogP contribution < -0.4 is 10.1 Å². The summed E-state index contributed by atoms with van der Waals surface area (Å²) in [6, 6.07) is 7.70. The SMILES string of the molecule is COc1cc(CC(=O)Nc2ccc3c(c2)CN(C)CC3)on1. The van der Waals surface area contributed by atoms with Crippen LogP contribution in [0.4, 0.5) is 5.69 Å². The highest BCUT2D eigenvalue weighted by Crippen LogP contribution is 2.22. The van der Waals surface area contributed by atoms with Crippen LogP contribution in [0.15, 0.2) is 28.8 Å². The lowest BCUT2D eigenvalue weighted by molar-refractivity contribution is -0.115. The summed E-state index contributed by atoms with van der Waals surface area (Å²) < 4.78 is 9.95. The fraction of sp³-hybridized carbons (Fsp3) is 0.375. The minimum Gasteiger partial charge on any atom is -0.479 e. The number of nitrogens with one attached hydrogen (secondary N) is 1. The number of aromatic nitrogens is 1. The minimum atomic E-state index is -0.136. The summed E-state index contributed by atoms with van der Waals surface area (Å²) in [6.45, 7) is 1.99. The smallest absolute Gasteiger partial charge is 0.254 e. The normalized spacial score (nSPS) is 14.5. The van der Waals surface area contributed by atoms with Gasteiger partial charge in [-0.25, -0.2) is 0 Å². The monoisotopic (exact) mass is 301 g/mol. The lowest BCUT2D eigenvalue weighted by atomic mass is 9.99. The molecule has 0 aliphatic carbocycles. The van der Waals surface area contributed by atoms with Crippen LogP contribution in [-0.2, 0) is 24.2 Å². The van der Waals surface area contributed by atoms with E-state index in [4.69, 9.17) is 9.26 Å². The molecule has 1 aliphatic rings. The van der Waals surface area contributed by atoms with Gasteiger partial charge in [0, 0.05) is 24.8 Å². The number of likely N-dealkylation sites (N-methyl/N-ethyl adjacent to an activating group) is 1. The molecular formula is C16H19N3O3. The van der Waals surface area contributed by atoms with Crippen LogP contribution in [0, 0.1) is 0 Å². The summed E-state index contributed by atoms with van der Waals surface area (Å²) in [7, 11) is 3.61. The zero-order chi connectivity index (χ0) is 15.5. The molecule has 6 heteroatoms. The molecule has 3 rings (SSSR count). The van der Waals surface area contributed by atoms with E-state index in [1.165, 1.54) is 18.2 Å². The van der Waals surface area contributed by atoms with Crippen molar-refractivity contribution in [2.24, 2.45) is 0 Å². The number of rotatable bonds is 4. The first kappa shape index (κ1) is 14.6. The number of hydrogen-bond donors (Lipinski definition) is 1. The fourth-order valence-corrected chi connectivity index (χ4v) is 2.61. The fourth-order valence-electron chi connectivity index (χ4n) is 2.61. The third kappa shape index (κ3) is 3.28. The Morgan fingerprint density at radius 2 is 2.27 bits per heavy atom. The van der Waals surface area contributed by atoms with Gasteiger partial charge in [-0.05, 0) is 41.9 Å². The molecule has 1 aromatic heterocycles. The third-order valence-electron chi connectivity index (χ3n) is 3.77. The molecule has 0 saturated carbocycles. The Morgan fingerprint density at radius 1 is 1.41 bits per heavy atom. The number of hydrogen-bond acceptors (Lipinski definition) is 5. The summed E-state index contributed by atoms with van der Waals surface area (Å²) in [4.78, 5) is 14.3. The van der Waals surface area contributed by atoms with Gasteiger partial charge < -0.3 is 19.5 Å².